The van der Waals surface area contributed by atoms with E-state index < -0.39 is 11.9 Å². The Morgan fingerprint density at radius 2 is 1.83 bits per heavy atom. The SMILES string of the molecule is CCC(=O)N(CC(C)C(=O)O)c1ccc(C)cc1. The van der Waals surface area contributed by atoms with Crippen molar-refractivity contribution in [2.24, 2.45) is 5.92 Å². The van der Waals surface area contributed by atoms with Crippen molar-refractivity contribution in [3.63, 3.8) is 0 Å². The van der Waals surface area contributed by atoms with Crippen LogP contribution in [0.1, 0.15) is 25.8 Å². The average molecular weight is 249 g/mol. The first-order valence-corrected chi connectivity index (χ1v) is 6.05. The lowest BCUT2D eigenvalue weighted by Crippen LogP contribution is -2.36. The Morgan fingerprint density at radius 1 is 1.28 bits per heavy atom. The number of amides is 1. The number of hydrogen-bond acceptors (Lipinski definition) is 2. The summed E-state index contributed by atoms with van der Waals surface area (Å²) in [4.78, 5) is 24.3. The van der Waals surface area contributed by atoms with E-state index in [4.69, 9.17) is 5.11 Å². The van der Waals surface area contributed by atoms with Gasteiger partial charge in [-0.3, -0.25) is 9.59 Å². The van der Waals surface area contributed by atoms with E-state index in [0.717, 1.165) is 11.3 Å². The van der Waals surface area contributed by atoms with E-state index in [1.807, 2.05) is 31.2 Å². The van der Waals surface area contributed by atoms with Gasteiger partial charge < -0.3 is 10.0 Å². The Bertz CT molecular complexity index is 425. The minimum Gasteiger partial charge on any atom is -0.481 e. The van der Waals surface area contributed by atoms with Crippen molar-refractivity contribution >= 4 is 17.6 Å². The fourth-order valence-corrected chi connectivity index (χ4v) is 1.62. The van der Waals surface area contributed by atoms with Gasteiger partial charge in [0.1, 0.15) is 0 Å². The minimum atomic E-state index is -0.893. The highest BCUT2D eigenvalue weighted by atomic mass is 16.4. The molecule has 0 radical (unpaired) electrons. The number of anilines is 1. The molecule has 4 nitrogen and oxygen atoms in total. The molecule has 1 aromatic rings. The largest absolute Gasteiger partial charge is 0.481 e. The van der Waals surface area contributed by atoms with Crippen molar-refractivity contribution in [2.45, 2.75) is 27.2 Å². The molecular formula is C14H19NO3. The van der Waals surface area contributed by atoms with Crippen LogP contribution >= 0.6 is 0 Å². The van der Waals surface area contributed by atoms with E-state index in [2.05, 4.69) is 0 Å². The predicted octanol–water partition coefficient (Wildman–Crippen LogP) is 2.46. The summed E-state index contributed by atoms with van der Waals surface area (Å²) in [5, 5.41) is 8.94. The zero-order valence-corrected chi connectivity index (χ0v) is 11.0. The van der Waals surface area contributed by atoms with Crippen LogP contribution in [0, 0.1) is 12.8 Å². The summed E-state index contributed by atoms with van der Waals surface area (Å²) >= 11 is 0. The fourth-order valence-electron chi connectivity index (χ4n) is 1.62. The van der Waals surface area contributed by atoms with Gasteiger partial charge in [-0.15, -0.1) is 0 Å². The standard InChI is InChI=1S/C14H19NO3/c1-4-13(16)15(9-11(3)14(17)18)12-7-5-10(2)6-8-12/h5-8,11H,4,9H2,1-3H3,(H,17,18). The summed E-state index contributed by atoms with van der Waals surface area (Å²) in [5.41, 5.74) is 1.86. The first-order chi connectivity index (χ1) is 8.45. The normalized spacial score (nSPS) is 11.9. The molecule has 1 rings (SSSR count). The molecule has 0 fully saturated rings. The van der Waals surface area contributed by atoms with Gasteiger partial charge >= 0.3 is 5.97 Å². The van der Waals surface area contributed by atoms with Crippen LogP contribution in [0.2, 0.25) is 0 Å². The molecule has 0 saturated carbocycles. The monoisotopic (exact) mass is 249 g/mol. The summed E-state index contributed by atoms with van der Waals surface area (Å²) in [7, 11) is 0. The van der Waals surface area contributed by atoms with Crippen LogP contribution in [-0.2, 0) is 9.59 Å². The molecule has 18 heavy (non-hydrogen) atoms. The molecule has 0 spiro atoms. The second-order valence-electron chi connectivity index (χ2n) is 4.43. The molecule has 98 valence electrons. The number of aliphatic carboxylic acids is 1. The average Bonchev–Trinajstić information content (AvgIpc) is 2.35. The molecule has 0 saturated heterocycles. The lowest BCUT2D eigenvalue weighted by Gasteiger charge is -2.24. The van der Waals surface area contributed by atoms with E-state index >= 15 is 0 Å². The maximum Gasteiger partial charge on any atom is 0.308 e. The Hall–Kier alpha value is -1.84. The molecule has 1 aromatic carbocycles. The Morgan fingerprint density at radius 3 is 2.28 bits per heavy atom. The van der Waals surface area contributed by atoms with E-state index in [1.54, 1.807) is 13.8 Å². The Kier molecular flexibility index (Phi) is 4.89. The highest BCUT2D eigenvalue weighted by Gasteiger charge is 2.20. The van der Waals surface area contributed by atoms with Gasteiger partial charge in [-0.1, -0.05) is 31.5 Å². The van der Waals surface area contributed by atoms with Gasteiger partial charge in [0, 0.05) is 18.7 Å². The number of carbonyl (C=O) groups excluding carboxylic acids is 1. The van der Waals surface area contributed by atoms with Crippen LogP contribution in [0.4, 0.5) is 5.69 Å². The van der Waals surface area contributed by atoms with E-state index in [9.17, 15) is 9.59 Å². The van der Waals surface area contributed by atoms with Gasteiger partial charge in [0.05, 0.1) is 5.92 Å². The van der Waals surface area contributed by atoms with Crippen LogP contribution in [0.25, 0.3) is 0 Å². The van der Waals surface area contributed by atoms with E-state index in [1.165, 1.54) is 4.90 Å². The summed E-state index contributed by atoms with van der Waals surface area (Å²) in [5.74, 6) is -1.54. The zero-order valence-electron chi connectivity index (χ0n) is 11.0. The van der Waals surface area contributed by atoms with Crippen LogP contribution in [0.5, 0.6) is 0 Å². The molecule has 1 atom stereocenters. The molecule has 1 unspecified atom stereocenters. The maximum atomic E-state index is 11.9. The molecule has 0 heterocycles. The highest BCUT2D eigenvalue weighted by Crippen LogP contribution is 2.18. The van der Waals surface area contributed by atoms with Gasteiger partial charge in [-0.05, 0) is 19.1 Å². The van der Waals surface area contributed by atoms with Crippen molar-refractivity contribution < 1.29 is 14.7 Å². The number of aryl methyl sites for hydroxylation is 1. The van der Waals surface area contributed by atoms with Crippen molar-refractivity contribution in [1.29, 1.82) is 0 Å². The van der Waals surface area contributed by atoms with Gasteiger partial charge in [-0.25, -0.2) is 0 Å². The van der Waals surface area contributed by atoms with Crippen LogP contribution in [0.3, 0.4) is 0 Å². The molecule has 0 bridgehead atoms. The minimum absolute atomic E-state index is 0.0630. The topological polar surface area (TPSA) is 57.6 Å². The smallest absolute Gasteiger partial charge is 0.308 e. The number of carboxylic acid groups (broad SMARTS) is 1. The molecule has 4 heteroatoms. The first-order valence-electron chi connectivity index (χ1n) is 6.05. The van der Waals surface area contributed by atoms with E-state index in [0.29, 0.717) is 6.42 Å². The van der Waals surface area contributed by atoms with Gasteiger partial charge in [0.15, 0.2) is 0 Å². The first kappa shape index (κ1) is 14.2. The number of carboxylic acids is 1. The van der Waals surface area contributed by atoms with Crippen molar-refractivity contribution in [3.05, 3.63) is 29.8 Å². The van der Waals surface area contributed by atoms with Gasteiger partial charge in [0.25, 0.3) is 0 Å². The third-order valence-electron chi connectivity index (χ3n) is 2.83. The molecule has 1 amide bonds. The van der Waals surface area contributed by atoms with Crippen molar-refractivity contribution in [1.82, 2.24) is 0 Å². The van der Waals surface area contributed by atoms with E-state index in [-0.39, 0.29) is 12.5 Å². The number of nitrogens with zero attached hydrogens (tertiary/aromatic N) is 1. The second kappa shape index (κ2) is 6.19. The van der Waals surface area contributed by atoms with Crippen LogP contribution in [0.15, 0.2) is 24.3 Å². The Balaban J connectivity index is 2.94. The van der Waals surface area contributed by atoms with Gasteiger partial charge in [0.2, 0.25) is 5.91 Å². The maximum absolute atomic E-state index is 11.9. The van der Waals surface area contributed by atoms with Crippen LogP contribution < -0.4 is 4.90 Å². The molecular weight excluding hydrogens is 230 g/mol. The predicted molar refractivity (Wildman–Crippen MR) is 70.6 cm³/mol. The van der Waals surface area contributed by atoms with Crippen molar-refractivity contribution in [2.75, 3.05) is 11.4 Å². The second-order valence-corrected chi connectivity index (χ2v) is 4.43. The third kappa shape index (κ3) is 3.58. The molecule has 0 aliphatic heterocycles. The molecule has 1 N–H and O–H groups in total. The molecule has 0 aromatic heterocycles. The zero-order chi connectivity index (χ0) is 13.7. The molecule has 0 aliphatic rings. The summed E-state index contributed by atoms with van der Waals surface area (Å²) in [6.45, 7) is 5.54. The fraction of sp³-hybridized carbons (Fsp3) is 0.429. The lowest BCUT2D eigenvalue weighted by molar-refractivity contribution is -0.140. The summed E-state index contributed by atoms with van der Waals surface area (Å²) in [6.07, 6.45) is 0.361. The summed E-state index contributed by atoms with van der Waals surface area (Å²) < 4.78 is 0. The number of rotatable bonds is 5. The van der Waals surface area contributed by atoms with Crippen molar-refractivity contribution in [3.8, 4) is 0 Å². The highest BCUT2D eigenvalue weighted by molar-refractivity contribution is 5.93. The Labute approximate surface area is 107 Å². The van der Waals surface area contributed by atoms with Gasteiger partial charge in [-0.2, -0.15) is 0 Å². The quantitative estimate of drug-likeness (QED) is 0.872. The number of carbonyl (C=O) groups is 2. The number of hydrogen-bond donors (Lipinski definition) is 1. The third-order valence-corrected chi connectivity index (χ3v) is 2.83. The molecule has 0 aliphatic carbocycles. The van der Waals surface area contributed by atoms with Crippen LogP contribution in [-0.4, -0.2) is 23.5 Å². The lowest BCUT2D eigenvalue weighted by atomic mass is 10.1. The summed E-state index contributed by atoms with van der Waals surface area (Å²) in [6, 6.07) is 7.52. The number of benzene rings is 1.